The van der Waals surface area contributed by atoms with Crippen molar-refractivity contribution >= 4 is 17.0 Å². The van der Waals surface area contributed by atoms with E-state index in [1.54, 1.807) is 17.4 Å². The van der Waals surface area contributed by atoms with Gasteiger partial charge in [-0.3, -0.25) is 4.40 Å². The zero-order valence-corrected chi connectivity index (χ0v) is 14.5. The maximum Gasteiger partial charge on any atom is 0.160 e. The third-order valence-corrected chi connectivity index (χ3v) is 5.23. The highest BCUT2D eigenvalue weighted by Gasteiger charge is 2.13. The fourth-order valence-corrected chi connectivity index (χ4v) is 3.76. The van der Waals surface area contributed by atoms with E-state index in [-0.39, 0.29) is 11.9 Å². The van der Waals surface area contributed by atoms with Gasteiger partial charge in [0.2, 0.25) is 0 Å². The predicted octanol–water partition coefficient (Wildman–Crippen LogP) is 4.45. The number of aromatic nitrogens is 3. The molecule has 126 valence electrons. The molecule has 0 bridgehead atoms. The molecule has 0 radical (unpaired) electrons. The Morgan fingerprint density at radius 3 is 2.80 bits per heavy atom. The molecule has 0 saturated heterocycles. The number of thiophene rings is 1. The molecule has 4 rings (SSSR count). The number of halogens is 1. The fraction of sp³-hybridized carbons (Fsp3) is 0.158. The van der Waals surface area contributed by atoms with Crippen LogP contribution in [0.25, 0.3) is 16.1 Å². The van der Waals surface area contributed by atoms with Crippen LogP contribution in [0, 0.1) is 5.82 Å². The smallest absolute Gasteiger partial charge is 0.160 e. The molecule has 0 amide bonds. The van der Waals surface area contributed by atoms with Crippen LogP contribution in [0.15, 0.2) is 60.8 Å². The second-order valence-electron chi connectivity index (χ2n) is 5.84. The minimum Gasteiger partial charge on any atom is -0.303 e. The number of nitrogens with zero attached hydrogens (tertiary/aromatic N) is 3. The van der Waals surface area contributed by atoms with E-state index >= 15 is 0 Å². The maximum absolute atomic E-state index is 13.9. The molecule has 4 nitrogen and oxygen atoms in total. The fourth-order valence-electron chi connectivity index (χ4n) is 2.78. The van der Waals surface area contributed by atoms with Gasteiger partial charge in [-0.15, -0.1) is 21.5 Å². The van der Waals surface area contributed by atoms with E-state index in [2.05, 4.69) is 22.4 Å². The molecule has 0 aliphatic rings. The number of rotatable bonds is 5. The zero-order chi connectivity index (χ0) is 17.2. The van der Waals surface area contributed by atoms with Gasteiger partial charge in [-0.25, -0.2) is 4.39 Å². The molecule has 0 spiro atoms. The Balaban J connectivity index is 1.48. The van der Waals surface area contributed by atoms with Crippen LogP contribution in [0.5, 0.6) is 0 Å². The van der Waals surface area contributed by atoms with Crippen LogP contribution in [-0.2, 0) is 6.54 Å². The number of fused-ring (bicyclic) bond motifs is 1. The summed E-state index contributed by atoms with van der Waals surface area (Å²) in [7, 11) is 0. The van der Waals surface area contributed by atoms with E-state index in [0.717, 1.165) is 21.2 Å². The lowest BCUT2D eigenvalue weighted by atomic mass is 10.2. The van der Waals surface area contributed by atoms with Crippen molar-refractivity contribution in [3.63, 3.8) is 0 Å². The molecule has 1 N–H and O–H groups in total. The van der Waals surface area contributed by atoms with Crippen molar-refractivity contribution in [2.75, 3.05) is 0 Å². The number of pyridine rings is 1. The average molecular weight is 352 g/mol. The van der Waals surface area contributed by atoms with E-state index in [1.807, 2.05) is 53.1 Å². The van der Waals surface area contributed by atoms with Crippen LogP contribution >= 0.6 is 11.3 Å². The monoisotopic (exact) mass is 352 g/mol. The Morgan fingerprint density at radius 1 is 1.08 bits per heavy atom. The summed E-state index contributed by atoms with van der Waals surface area (Å²) in [4.78, 5) is 2.09. The molecule has 0 aliphatic carbocycles. The van der Waals surface area contributed by atoms with Gasteiger partial charge in [0.25, 0.3) is 0 Å². The standard InChI is InChI=1S/C19H17FN4S/c1-13(19-23-22-18-8-4-5-11-24(18)19)21-12-14-9-10-17(25-14)15-6-2-3-7-16(15)20/h2-11,13,21H,12H2,1H3. The van der Waals surface area contributed by atoms with Gasteiger partial charge in [0, 0.05) is 28.1 Å². The first kappa shape index (κ1) is 15.9. The van der Waals surface area contributed by atoms with Gasteiger partial charge >= 0.3 is 0 Å². The number of hydrogen-bond acceptors (Lipinski definition) is 4. The van der Waals surface area contributed by atoms with Gasteiger partial charge in [0.15, 0.2) is 11.5 Å². The summed E-state index contributed by atoms with van der Waals surface area (Å²) in [6, 6.07) is 16.8. The maximum atomic E-state index is 13.9. The number of hydrogen-bond donors (Lipinski definition) is 1. The van der Waals surface area contributed by atoms with Gasteiger partial charge in [-0.2, -0.15) is 0 Å². The summed E-state index contributed by atoms with van der Waals surface area (Å²) in [5.74, 6) is 0.689. The third-order valence-electron chi connectivity index (χ3n) is 4.11. The highest BCUT2D eigenvalue weighted by molar-refractivity contribution is 7.15. The SMILES string of the molecule is CC(NCc1ccc(-c2ccccc2F)s1)c1nnc2ccccn12. The Kier molecular flexibility index (Phi) is 4.29. The second-order valence-corrected chi connectivity index (χ2v) is 7.00. The summed E-state index contributed by atoms with van der Waals surface area (Å²) < 4.78 is 15.9. The lowest BCUT2D eigenvalue weighted by Crippen LogP contribution is -2.19. The molecule has 1 atom stereocenters. The molecule has 0 aliphatic heterocycles. The molecule has 4 aromatic rings. The van der Waals surface area contributed by atoms with Crippen molar-refractivity contribution in [2.45, 2.75) is 19.5 Å². The molecule has 6 heteroatoms. The van der Waals surface area contributed by atoms with Crippen LogP contribution in [0.3, 0.4) is 0 Å². The summed E-state index contributed by atoms with van der Waals surface area (Å²) in [6.07, 6.45) is 1.96. The first-order chi connectivity index (χ1) is 12.2. The lowest BCUT2D eigenvalue weighted by molar-refractivity contribution is 0.545. The van der Waals surface area contributed by atoms with Crippen molar-refractivity contribution in [1.29, 1.82) is 0 Å². The van der Waals surface area contributed by atoms with Gasteiger partial charge in [0.1, 0.15) is 5.82 Å². The van der Waals surface area contributed by atoms with E-state index in [4.69, 9.17) is 0 Å². The lowest BCUT2D eigenvalue weighted by Gasteiger charge is -2.11. The molecular formula is C19H17FN4S. The second kappa shape index (κ2) is 6.74. The first-order valence-electron chi connectivity index (χ1n) is 8.09. The summed E-state index contributed by atoms with van der Waals surface area (Å²) in [5, 5.41) is 11.9. The third kappa shape index (κ3) is 3.18. The van der Waals surface area contributed by atoms with Crippen LogP contribution in [0.4, 0.5) is 4.39 Å². The minimum absolute atomic E-state index is 0.0522. The Labute approximate surface area is 149 Å². The molecule has 1 aromatic carbocycles. The Morgan fingerprint density at radius 2 is 1.92 bits per heavy atom. The van der Waals surface area contributed by atoms with Crippen LogP contribution in [-0.4, -0.2) is 14.6 Å². The molecule has 0 saturated carbocycles. The zero-order valence-electron chi connectivity index (χ0n) is 13.7. The van der Waals surface area contributed by atoms with E-state index < -0.39 is 0 Å². The molecule has 3 heterocycles. The predicted molar refractivity (Wildman–Crippen MR) is 98.0 cm³/mol. The van der Waals surface area contributed by atoms with Crippen molar-refractivity contribution in [2.24, 2.45) is 0 Å². The van der Waals surface area contributed by atoms with Crippen molar-refractivity contribution in [1.82, 2.24) is 19.9 Å². The van der Waals surface area contributed by atoms with Crippen molar-refractivity contribution in [3.8, 4) is 10.4 Å². The summed E-state index contributed by atoms with van der Waals surface area (Å²) in [6.45, 7) is 2.76. The number of benzene rings is 1. The Hall–Kier alpha value is -2.57. The Bertz CT molecular complexity index is 1010. The topological polar surface area (TPSA) is 42.2 Å². The van der Waals surface area contributed by atoms with E-state index in [9.17, 15) is 4.39 Å². The highest BCUT2D eigenvalue weighted by atomic mass is 32.1. The minimum atomic E-state index is -0.188. The van der Waals surface area contributed by atoms with E-state index in [1.165, 1.54) is 6.07 Å². The molecule has 1 unspecified atom stereocenters. The van der Waals surface area contributed by atoms with Crippen LogP contribution < -0.4 is 5.32 Å². The molecule has 0 fully saturated rings. The normalized spacial score (nSPS) is 12.6. The van der Waals surface area contributed by atoms with Gasteiger partial charge in [0.05, 0.1) is 6.04 Å². The quantitative estimate of drug-likeness (QED) is 0.577. The van der Waals surface area contributed by atoms with Gasteiger partial charge in [-0.1, -0.05) is 24.3 Å². The first-order valence-corrected chi connectivity index (χ1v) is 8.90. The average Bonchev–Trinajstić information content (AvgIpc) is 3.27. The summed E-state index contributed by atoms with van der Waals surface area (Å²) in [5.41, 5.74) is 1.49. The van der Waals surface area contributed by atoms with Crippen molar-refractivity contribution in [3.05, 3.63) is 77.3 Å². The van der Waals surface area contributed by atoms with Crippen LogP contribution in [0.1, 0.15) is 23.7 Å². The molecular weight excluding hydrogens is 335 g/mol. The van der Waals surface area contributed by atoms with Crippen molar-refractivity contribution < 1.29 is 4.39 Å². The molecule has 3 aromatic heterocycles. The highest BCUT2D eigenvalue weighted by Crippen LogP contribution is 2.30. The van der Waals surface area contributed by atoms with Gasteiger partial charge < -0.3 is 5.32 Å². The number of nitrogens with one attached hydrogen (secondary N) is 1. The van der Waals surface area contributed by atoms with Gasteiger partial charge in [-0.05, 0) is 37.3 Å². The molecule has 25 heavy (non-hydrogen) atoms. The largest absolute Gasteiger partial charge is 0.303 e. The summed E-state index contributed by atoms with van der Waals surface area (Å²) >= 11 is 1.60. The van der Waals surface area contributed by atoms with E-state index in [0.29, 0.717) is 12.1 Å². The van der Waals surface area contributed by atoms with Crippen LogP contribution in [0.2, 0.25) is 0 Å².